The zero-order chi connectivity index (χ0) is 20.9. The third kappa shape index (κ3) is 5.39. The van der Waals surface area contributed by atoms with Crippen molar-refractivity contribution < 1.29 is 27.5 Å². The zero-order valence-corrected chi connectivity index (χ0v) is 16.4. The van der Waals surface area contributed by atoms with Gasteiger partial charge in [-0.25, -0.2) is 4.79 Å². The topological polar surface area (TPSA) is 58.6 Å². The Morgan fingerprint density at radius 1 is 1.29 bits per heavy atom. The normalized spacial score (nSPS) is 16.6. The number of methoxy groups -OCH3 is 1. The van der Waals surface area contributed by atoms with Gasteiger partial charge in [-0.3, -0.25) is 4.79 Å². The first-order valence-corrected chi connectivity index (χ1v) is 9.45. The molecule has 0 aliphatic carbocycles. The molecule has 1 heterocycles. The maximum Gasteiger partial charge on any atom is 0.416 e. The van der Waals surface area contributed by atoms with E-state index in [-0.39, 0.29) is 29.9 Å². The Labute approximate surface area is 163 Å². The predicted molar refractivity (Wildman–Crippen MR) is 98.9 cm³/mol. The van der Waals surface area contributed by atoms with E-state index in [1.807, 2.05) is 6.92 Å². The SMILES string of the molecule is CCC(CNC(=O)OC)C(=O)N1CCC(c2ccc(C(F)(F)F)c(C)c2)CC1. The number of rotatable bonds is 5. The van der Waals surface area contributed by atoms with Crippen LogP contribution in [0.3, 0.4) is 0 Å². The van der Waals surface area contributed by atoms with Gasteiger partial charge in [0, 0.05) is 19.6 Å². The van der Waals surface area contributed by atoms with Gasteiger partial charge in [-0.05, 0) is 49.3 Å². The van der Waals surface area contributed by atoms with E-state index in [1.54, 1.807) is 17.0 Å². The highest BCUT2D eigenvalue weighted by Gasteiger charge is 2.33. The number of hydrogen-bond acceptors (Lipinski definition) is 3. The minimum Gasteiger partial charge on any atom is -0.453 e. The lowest BCUT2D eigenvalue weighted by Gasteiger charge is -2.34. The van der Waals surface area contributed by atoms with Crippen LogP contribution in [0.1, 0.15) is 48.8 Å². The highest BCUT2D eigenvalue weighted by Crippen LogP contribution is 2.35. The van der Waals surface area contributed by atoms with Crippen LogP contribution in [-0.4, -0.2) is 43.6 Å². The summed E-state index contributed by atoms with van der Waals surface area (Å²) in [5.74, 6) is -0.191. The molecule has 156 valence electrons. The lowest BCUT2D eigenvalue weighted by atomic mass is 9.87. The second kappa shape index (κ2) is 9.30. The number of piperidine rings is 1. The summed E-state index contributed by atoms with van der Waals surface area (Å²) in [7, 11) is 1.27. The van der Waals surface area contributed by atoms with E-state index >= 15 is 0 Å². The van der Waals surface area contributed by atoms with Crippen molar-refractivity contribution in [3.05, 3.63) is 34.9 Å². The number of hydrogen-bond donors (Lipinski definition) is 1. The largest absolute Gasteiger partial charge is 0.453 e. The van der Waals surface area contributed by atoms with Crippen molar-refractivity contribution in [2.75, 3.05) is 26.7 Å². The van der Waals surface area contributed by atoms with Crippen LogP contribution in [0.4, 0.5) is 18.0 Å². The molecule has 1 unspecified atom stereocenters. The van der Waals surface area contributed by atoms with Gasteiger partial charge < -0.3 is 15.0 Å². The first kappa shape index (κ1) is 22.0. The molecular weight excluding hydrogens is 373 g/mol. The number of carbonyl (C=O) groups is 2. The third-order valence-electron chi connectivity index (χ3n) is 5.35. The van der Waals surface area contributed by atoms with Gasteiger partial charge in [-0.2, -0.15) is 13.2 Å². The second-order valence-electron chi connectivity index (χ2n) is 7.15. The number of aryl methyl sites for hydroxylation is 1. The van der Waals surface area contributed by atoms with E-state index in [4.69, 9.17) is 0 Å². The number of halogens is 3. The molecule has 0 spiro atoms. The minimum absolute atomic E-state index is 0.0130. The number of ether oxygens (including phenoxy) is 1. The van der Waals surface area contributed by atoms with Crippen molar-refractivity contribution >= 4 is 12.0 Å². The zero-order valence-electron chi connectivity index (χ0n) is 16.4. The maximum atomic E-state index is 12.9. The van der Waals surface area contributed by atoms with Crippen molar-refractivity contribution in [1.82, 2.24) is 10.2 Å². The summed E-state index contributed by atoms with van der Waals surface area (Å²) in [6.45, 7) is 4.70. The summed E-state index contributed by atoms with van der Waals surface area (Å²) >= 11 is 0. The van der Waals surface area contributed by atoms with Crippen molar-refractivity contribution in [2.45, 2.75) is 45.2 Å². The molecule has 28 heavy (non-hydrogen) atoms. The Kier molecular flexibility index (Phi) is 7.32. The summed E-state index contributed by atoms with van der Waals surface area (Å²) in [5.41, 5.74) is 0.508. The molecule has 1 N–H and O–H groups in total. The molecule has 1 atom stereocenters. The van der Waals surface area contributed by atoms with Gasteiger partial charge in [0.25, 0.3) is 0 Å². The first-order chi connectivity index (χ1) is 13.2. The van der Waals surface area contributed by atoms with Crippen molar-refractivity contribution in [3.8, 4) is 0 Å². The fourth-order valence-electron chi connectivity index (χ4n) is 3.64. The van der Waals surface area contributed by atoms with Crippen LogP contribution >= 0.6 is 0 Å². The molecule has 0 radical (unpaired) electrons. The molecule has 1 saturated heterocycles. The van der Waals surface area contributed by atoms with E-state index in [0.717, 1.165) is 11.6 Å². The Bertz CT molecular complexity index is 698. The maximum absolute atomic E-state index is 12.9. The molecule has 8 heteroatoms. The summed E-state index contributed by atoms with van der Waals surface area (Å²) in [5, 5.41) is 2.56. The Morgan fingerprint density at radius 2 is 1.93 bits per heavy atom. The molecule has 1 aromatic carbocycles. The lowest BCUT2D eigenvalue weighted by molar-refractivity contribution is -0.138. The van der Waals surface area contributed by atoms with Crippen LogP contribution in [0.5, 0.6) is 0 Å². The molecular formula is C20H27F3N2O3. The number of likely N-dealkylation sites (tertiary alicyclic amines) is 1. The van der Waals surface area contributed by atoms with Gasteiger partial charge in [-0.1, -0.05) is 19.1 Å². The van der Waals surface area contributed by atoms with E-state index in [2.05, 4.69) is 10.1 Å². The lowest BCUT2D eigenvalue weighted by Crippen LogP contribution is -2.44. The number of alkyl carbamates (subject to hydrolysis) is 1. The van der Waals surface area contributed by atoms with E-state index in [9.17, 15) is 22.8 Å². The number of amides is 2. The highest BCUT2D eigenvalue weighted by atomic mass is 19.4. The number of nitrogens with zero attached hydrogens (tertiary/aromatic N) is 1. The number of nitrogens with one attached hydrogen (secondary N) is 1. The van der Waals surface area contributed by atoms with Gasteiger partial charge in [0.1, 0.15) is 0 Å². The summed E-state index contributed by atoms with van der Waals surface area (Å²) in [6.07, 6.45) is -2.90. The number of alkyl halides is 3. The van der Waals surface area contributed by atoms with Crippen molar-refractivity contribution in [3.63, 3.8) is 0 Å². The fourth-order valence-corrected chi connectivity index (χ4v) is 3.64. The number of benzene rings is 1. The minimum atomic E-state index is -4.34. The molecule has 1 aliphatic rings. The van der Waals surface area contributed by atoms with Crippen LogP contribution < -0.4 is 5.32 Å². The monoisotopic (exact) mass is 400 g/mol. The van der Waals surface area contributed by atoms with E-state index in [0.29, 0.717) is 32.4 Å². The molecule has 1 fully saturated rings. The Hall–Kier alpha value is -2.25. The van der Waals surface area contributed by atoms with Crippen molar-refractivity contribution in [2.24, 2.45) is 5.92 Å². The molecule has 0 aromatic heterocycles. The average molecular weight is 400 g/mol. The first-order valence-electron chi connectivity index (χ1n) is 9.45. The van der Waals surface area contributed by atoms with Gasteiger partial charge in [0.15, 0.2) is 0 Å². The molecule has 1 aliphatic heterocycles. The van der Waals surface area contributed by atoms with Gasteiger partial charge >= 0.3 is 12.3 Å². The predicted octanol–water partition coefficient (Wildman–Crippen LogP) is 4.10. The van der Waals surface area contributed by atoms with Gasteiger partial charge in [0.05, 0.1) is 18.6 Å². The Balaban J connectivity index is 1.95. The van der Waals surface area contributed by atoms with Crippen LogP contribution in [0.2, 0.25) is 0 Å². The van der Waals surface area contributed by atoms with Crippen LogP contribution in [0.15, 0.2) is 18.2 Å². The summed E-state index contributed by atoms with van der Waals surface area (Å²) < 4.78 is 43.3. The van der Waals surface area contributed by atoms with Gasteiger partial charge in [0.2, 0.25) is 5.91 Å². The van der Waals surface area contributed by atoms with Crippen LogP contribution in [0.25, 0.3) is 0 Å². The molecule has 2 rings (SSSR count). The Morgan fingerprint density at radius 3 is 2.43 bits per heavy atom. The second-order valence-corrected chi connectivity index (χ2v) is 7.15. The molecule has 0 bridgehead atoms. The molecule has 0 saturated carbocycles. The fraction of sp³-hybridized carbons (Fsp3) is 0.600. The average Bonchev–Trinajstić information content (AvgIpc) is 2.67. The quantitative estimate of drug-likeness (QED) is 0.810. The van der Waals surface area contributed by atoms with E-state index < -0.39 is 17.8 Å². The summed E-state index contributed by atoms with van der Waals surface area (Å²) in [6, 6.07) is 4.31. The van der Waals surface area contributed by atoms with Crippen LogP contribution in [0, 0.1) is 12.8 Å². The summed E-state index contributed by atoms with van der Waals surface area (Å²) in [4.78, 5) is 25.7. The third-order valence-corrected chi connectivity index (χ3v) is 5.35. The van der Waals surface area contributed by atoms with Crippen molar-refractivity contribution in [1.29, 1.82) is 0 Å². The van der Waals surface area contributed by atoms with E-state index in [1.165, 1.54) is 14.0 Å². The molecule has 5 nitrogen and oxygen atoms in total. The molecule has 1 aromatic rings. The van der Waals surface area contributed by atoms with Gasteiger partial charge in [-0.15, -0.1) is 0 Å². The van der Waals surface area contributed by atoms with Crippen LogP contribution in [-0.2, 0) is 15.7 Å². The number of carbonyl (C=O) groups excluding carboxylic acids is 2. The standard InChI is InChI=1S/C20H27F3N2O3/c1-4-14(12-24-19(27)28-3)18(26)25-9-7-15(8-10-25)16-5-6-17(13(2)11-16)20(21,22)23/h5-6,11,14-15H,4,7-10,12H2,1-3H3,(H,24,27). The smallest absolute Gasteiger partial charge is 0.416 e. The molecule has 2 amide bonds. The highest BCUT2D eigenvalue weighted by molar-refractivity contribution is 5.80.